The van der Waals surface area contributed by atoms with Crippen LogP contribution in [0.25, 0.3) is 0 Å². The van der Waals surface area contributed by atoms with Crippen molar-refractivity contribution in [3.63, 3.8) is 0 Å². The maximum atomic E-state index is 5.70. The van der Waals surface area contributed by atoms with Gasteiger partial charge in [0.1, 0.15) is 5.76 Å². The average Bonchev–Trinajstić information content (AvgIpc) is 3.02. The Morgan fingerprint density at radius 3 is 2.91 bits per heavy atom. The Bertz CT molecular complexity index is 627. The van der Waals surface area contributed by atoms with Crippen LogP contribution < -0.4 is 0 Å². The van der Waals surface area contributed by atoms with Crippen molar-refractivity contribution in [2.24, 2.45) is 7.05 Å². The fraction of sp³-hybridized carbons (Fsp3) is 0.625. The lowest BCUT2D eigenvalue weighted by atomic mass is 10.0. The number of rotatable bonds is 5. The molecule has 6 heteroatoms. The standard InChI is InChI=1S/C16H24N4O2/c1-5-21-9-13-6-16-15(17-10-19(16)4)8-20(13)7-14-11(2)18-22-12(14)3/h10,13H,5-9H2,1-4H3/t13-/m1/s1. The second kappa shape index (κ2) is 6.22. The lowest BCUT2D eigenvalue weighted by Gasteiger charge is -2.35. The van der Waals surface area contributed by atoms with Gasteiger partial charge < -0.3 is 13.8 Å². The Balaban J connectivity index is 1.83. The topological polar surface area (TPSA) is 56.3 Å². The highest BCUT2D eigenvalue weighted by molar-refractivity contribution is 5.23. The summed E-state index contributed by atoms with van der Waals surface area (Å²) in [5.74, 6) is 0.902. The van der Waals surface area contributed by atoms with Gasteiger partial charge in [0.2, 0.25) is 0 Å². The molecule has 120 valence electrons. The summed E-state index contributed by atoms with van der Waals surface area (Å²) < 4.78 is 13.1. The molecule has 0 amide bonds. The Kier molecular flexibility index (Phi) is 4.31. The van der Waals surface area contributed by atoms with Crippen LogP contribution in [0.5, 0.6) is 0 Å². The van der Waals surface area contributed by atoms with E-state index in [0.29, 0.717) is 6.04 Å². The molecular weight excluding hydrogens is 280 g/mol. The minimum Gasteiger partial charge on any atom is -0.380 e. The lowest BCUT2D eigenvalue weighted by Crippen LogP contribution is -2.43. The zero-order valence-electron chi connectivity index (χ0n) is 13.8. The van der Waals surface area contributed by atoms with E-state index in [1.54, 1.807) is 0 Å². The third-order valence-electron chi connectivity index (χ3n) is 4.50. The Morgan fingerprint density at radius 1 is 1.41 bits per heavy atom. The zero-order valence-corrected chi connectivity index (χ0v) is 13.8. The number of fused-ring (bicyclic) bond motifs is 1. The van der Waals surface area contributed by atoms with Gasteiger partial charge in [0.15, 0.2) is 0 Å². The van der Waals surface area contributed by atoms with Gasteiger partial charge in [-0.1, -0.05) is 5.16 Å². The number of ether oxygens (including phenoxy) is 1. The van der Waals surface area contributed by atoms with Crippen molar-refractivity contribution < 1.29 is 9.26 Å². The van der Waals surface area contributed by atoms with E-state index in [0.717, 1.165) is 44.2 Å². The molecule has 3 rings (SSSR count). The van der Waals surface area contributed by atoms with Gasteiger partial charge in [-0.15, -0.1) is 0 Å². The van der Waals surface area contributed by atoms with E-state index in [2.05, 4.69) is 26.7 Å². The largest absolute Gasteiger partial charge is 0.380 e. The van der Waals surface area contributed by atoms with Crippen LogP contribution in [0, 0.1) is 13.8 Å². The molecular formula is C16H24N4O2. The number of aryl methyl sites for hydroxylation is 3. The van der Waals surface area contributed by atoms with Crippen molar-refractivity contribution in [2.75, 3.05) is 13.2 Å². The highest BCUT2D eigenvalue weighted by atomic mass is 16.5. The van der Waals surface area contributed by atoms with Crippen molar-refractivity contribution in [2.45, 2.75) is 46.3 Å². The van der Waals surface area contributed by atoms with Crippen molar-refractivity contribution >= 4 is 0 Å². The second-order valence-corrected chi connectivity index (χ2v) is 5.97. The maximum absolute atomic E-state index is 5.70. The minimum atomic E-state index is 0.358. The van der Waals surface area contributed by atoms with Crippen molar-refractivity contribution in [1.82, 2.24) is 19.6 Å². The minimum absolute atomic E-state index is 0.358. The van der Waals surface area contributed by atoms with E-state index in [1.807, 2.05) is 27.1 Å². The first kappa shape index (κ1) is 15.2. The van der Waals surface area contributed by atoms with E-state index >= 15 is 0 Å². The van der Waals surface area contributed by atoms with Gasteiger partial charge >= 0.3 is 0 Å². The molecule has 0 saturated carbocycles. The lowest BCUT2D eigenvalue weighted by molar-refractivity contribution is 0.0493. The predicted octanol–water partition coefficient (Wildman–Crippen LogP) is 1.99. The first-order valence-electron chi connectivity index (χ1n) is 7.82. The third kappa shape index (κ3) is 2.80. The Morgan fingerprint density at radius 2 is 2.23 bits per heavy atom. The SMILES string of the molecule is CCOC[C@H]1Cc2c(ncn2C)CN1Cc1c(C)noc1C. The smallest absolute Gasteiger partial charge is 0.138 e. The van der Waals surface area contributed by atoms with Crippen molar-refractivity contribution in [1.29, 1.82) is 0 Å². The molecule has 0 saturated heterocycles. The molecule has 0 spiro atoms. The molecule has 0 N–H and O–H groups in total. The molecule has 0 radical (unpaired) electrons. The zero-order chi connectivity index (χ0) is 15.7. The summed E-state index contributed by atoms with van der Waals surface area (Å²) >= 11 is 0. The van der Waals surface area contributed by atoms with Gasteiger partial charge in [0.05, 0.1) is 24.3 Å². The van der Waals surface area contributed by atoms with Gasteiger partial charge in [-0.2, -0.15) is 0 Å². The second-order valence-electron chi connectivity index (χ2n) is 5.97. The van der Waals surface area contributed by atoms with Crippen LogP contribution in [-0.4, -0.2) is 38.9 Å². The van der Waals surface area contributed by atoms with E-state index in [4.69, 9.17) is 9.26 Å². The summed E-state index contributed by atoms with van der Waals surface area (Å²) in [6.45, 7) is 9.17. The predicted molar refractivity (Wildman–Crippen MR) is 82.4 cm³/mol. The van der Waals surface area contributed by atoms with Crippen LogP contribution in [0.3, 0.4) is 0 Å². The van der Waals surface area contributed by atoms with E-state index < -0.39 is 0 Å². The van der Waals surface area contributed by atoms with E-state index in [9.17, 15) is 0 Å². The Hall–Kier alpha value is -1.66. The molecule has 22 heavy (non-hydrogen) atoms. The third-order valence-corrected chi connectivity index (χ3v) is 4.50. The number of hydrogen-bond donors (Lipinski definition) is 0. The van der Waals surface area contributed by atoms with Gasteiger partial charge in [-0.25, -0.2) is 4.98 Å². The fourth-order valence-electron chi connectivity index (χ4n) is 3.11. The number of aromatic nitrogens is 3. The summed E-state index contributed by atoms with van der Waals surface area (Å²) in [5.41, 5.74) is 4.64. The van der Waals surface area contributed by atoms with Crippen LogP contribution in [-0.2, 0) is 31.3 Å². The van der Waals surface area contributed by atoms with Crippen LogP contribution in [0.2, 0.25) is 0 Å². The van der Waals surface area contributed by atoms with E-state index in [-0.39, 0.29) is 0 Å². The first-order chi connectivity index (χ1) is 10.6. The molecule has 0 fully saturated rings. The molecule has 2 aromatic rings. The Labute approximate surface area is 131 Å². The summed E-state index contributed by atoms with van der Waals surface area (Å²) in [7, 11) is 2.06. The molecule has 1 aliphatic rings. The van der Waals surface area contributed by atoms with Crippen LogP contribution >= 0.6 is 0 Å². The molecule has 0 aromatic carbocycles. The summed E-state index contributed by atoms with van der Waals surface area (Å²) in [6.07, 6.45) is 2.87. The van der Waals surface area contributed by atoms with Gasteiger partial charge in [-0.3, -0.25) is 4.90 Å². The van der Waals surface area contributed by atoms with Gasteiger partial charge in [0.25, 0.3) is 0 Å². The number of imidazole rings is 1. The molecule has 0 aliphatic carbocycles. The number of nitrogens with zero attached hydrogens (tertiary/aromatic N) is 4. The molecule has 0 unspecified atom stereocenters. The fourth-order valence-corrected chi connectivity index (χ4v) is 3.11. The van der Waals surface area contributed by atoms with Crippen LogP contribution in [0.4, 0.5) is 0 Å². The van der Waals surface area contributed by atoms with E-state index in [1.165, 1.54) is 17.0 Å². The van der Waals surface area contributed by atoms with Gasteiger partial charge in [-0.05, 0) is 20.8 Å². The highest BCUT2D eigenvalue weighted by Crippen LogP contribution is 2.26. The summed E-state index contributed by atoms with van der Waals surface area (Å²) in [5, 5.41) is 4.06. The summed E-state index contributed by atoms with van der Waals surface area (Å²) in [4.78, 5) is 6.96. The van der Waals surface area contributed by atoms with Gasteiger partial charge in [0, 0.05) is 50.5 Å². The highest BCUT2D eigenvalue weighted by Gasteiger charge is 2.30. The molecule has 3 heterocycles. The monoisotopic (exact) mass is 304 g/mol. The van der Waals surface area contributed by atoms with Crippen molar-refractivity contribution in [3.8, 4) is 0 Å². The number of hydrogen-bond acceptors (Lipinski definition) is 5. The normalized spacial score (nSPS) is 18.6. The molecule has 1 atom stereocenters. The molecule has 0 bridgehead atoms. The quantitative estimate of drug-likeness (QED) is 0.845. The maximum Gasteiger partial charge on any atom is 0.138 e. The molecule has 2 aromatic heterocycles. The van der Waals surface area contributed by atoms with Crippen molar-refractivity contribution in [3.05, 3.63) is 34.7 Å². The molecule has 6 nitrogen and oxygen atoms in total. The average molecular weight is 304 g/mol. The molecule has 1 aliphatic heterocycles. The first-order valence-corrected chi connectivity index (χ1v) is 7.82. The van der Waals surface area contributed by atoms with Crippen LogP contribution in [0.15, 0.2) is 10.9 Å². The van der Waals surface area contributed by atoms with Crippen LogP contribution in [0.1, 0.15) is 35.3 Å². The summed E-state index contributed by atoms with van der Waals surface area (Å²) in [6, 6.07) is 0.358.